The molecule has 3 heterocycles. The number of carbonyl (C=O) groups is 1. The van der Waals surface area contributed by atoms with E-state index in [1.165, 1.54) is 0 Å². The second-order valence-corrected chi connectivity index (χ2v) is 6.26. The predicted molar refractivity (Wildman–Crippen MR) is 84.6 cm³/mol. The highest BCUT2D eigenvalue weighted by molar-refractivity contribution is 5.82. The minimum absolute atomic E-state index is 0.128. The highest BCUT2D eigenvalue weighted by atomic mass is 16.3. The van der Waals surface area contributed by atoms with Crippen LogP contribution in [0.1, 0.15) is 25.0 Å². The third-order valence-electron chi connectivity index (χ3n) is 4.45. The lowest BCUT2D eigenvalue weighted by molar-refractivity contribution is -0.134. The molecule has 0 unspecified atom stereocenters. The highest BCUT2D eigenvalue weighted by Crippen LogP contribution is 2.18. The first-order valence-electron chi connectivity index (χ1n) is 8.02. The molecule has 6 nitrogen and oxygen atoms in total. The zero-order valence-corrected chi connectivity index (χ0v) is 13.0. The van der Waals surface area contributed by atoms with Crippen LogP contribution in [0, 0.1) is 6.92 Å². The fourth-order valence-corrected chi connectivity index (χ4v) is 3.20. The van der Waals surface area contributed by atoms with Crippen LogP contribution < -0.4 is 10.6 Å². The summed E-state index contributed by atoms with van der Waals surface area (Å²) < 4.78 is 0. The van der Waals surface area contributed by atoms with Crippen LogP contribution in [0.15, 0.2) is 18.2 Å². The number of aliphatic hydroxyl groups excluding tert-OH is 1. The molecule has 0 spiro atoms. The van der Waals surface area contributed by atoms with Crippen molar-refractivity contribution in [1.82, 2.24) is 15.2 Å². The molecule has 1 aromatic rings. The monoisotopic (exact) mass is 304 g/mol. The Labute approximate surface area is 130 Å². The first-order chi connectivity index (χ1) is 10.6. The summed E-state index contributed by atoms with van der Waals surface area (Å²) >= 11 is 0. The van der Waals surface area contributed by atoms with Gasteiger partial charge in [0.1, 0.15) is 5.82 Å². The van der Waals surface area contributed by atoms with Crippen LogP contribution in [-0.4, -0.2) is 58.7 Å². The third-order valence-corrected chi connectivity index (χ3v) is 4.45. The largest absolute Gasteiger partial charge is 0.392 e. The fourth-order valence-electron chi connectivity index (χ4n) is 3.20. The number of piperidine rings is 1. The van der Waals surface area contributed by atoms with Crippen LogP contribution in [0.4, 0.5) is 5.82 Å². The topological polar surface area (TPSA) is 77.5 Å². The summed E-state index contributed by atoms with van der Waals surface area (Å²) in [5.41, 5.74) is 1.00. The van der Waals surface area contributed by atoms with Gasteiger partial charge in [-0.15, -0.1) is 0 Å². The van der Waals surface area contributed by atoms with Gasteiger partial charge in [0.15, 0.2) is 0 Å². The van der Waals surface area contributed by atoms with Crippen LogP contribution in [0.3, 0.4) is 0 Å². The number of aliphatic hydroxyl groups is 1. The highest BCUT2D eigenvalue weighted by Gasteiger charge is 2.33. The lowest BCUT2D eigenvalue weighted by Crippen LogP contribution is -2.48. The minimum atomic E-state index is -0.388. The Morgan fingerprint density at radius 3 is 2.82 bits per heavy atom. The Balaban J connectivity index is 1.49. The Bertz CT molecular complexity index is 529. The Morgan fingerprint density at radius 2 is 2.18 bits per heavy atom. The first-order valence-corrected chi connectivity index (χ1v) is 8.02. The molecule has 0 aromatic carbocycles. The first kappa shape index (κ1) is 15.2. The van der Waals surface area contributed by atoms with Gasteiger partial charge in [-0.05, 0) is 38.3 Å². The lowest BCUT2D eigenvalue weighted by atomic mass is 10.0. The van der Waals surface area contributed by atoms with Crippen molar-refractivity contribution in [3.63, 3.8) is 0 Å². The average molecular weight is 304 g/mol. The van der Waals surface area contributed by atoms with Gasteiger partial charge in [-0.1, -0.05) is 6.07 Å². The summed E-state index contributed by atoms with van der Waals surface area (Å²) in [6, 6.07) is 6.11. The molecular formula is C16H24N4O2. The summed E-state index contributed by atoms with van der Waals surface area (Å²) in [4.78, 5) is 18.8. The van der Waals surface area contributed by atoms with Gasteiger partial charge in [-0.25, -0.2) is 4.98 Å². The van der Waals surface area contributed by atoms with E-state index < -0.39 is 0 Å². The van der Waals surface area contributed by atoms with Gasteiger partial charge in [-0.3, -0.25) is 4.79 Å². The number of nitrogens with one attached hydrogen (secondary N) is 2. The van der Waals surface area contributed by atoms with E-state index in [9.17, 15) is 9.90 Å². The summed E-state index contributed by atoms with van der Waals surface area (Å²) in [7, 11) is 0. The summed E-state index contributed by atoms with van der Waals surface area (Å²) in [6.07, 6.45) is 2.00. The summed E-state index contributed by atoms with van der Waals surface area (Å²) in [5, 5.41) is 16.1. The Morgan fingerprint density at radius 1 is 1.41 bits per heavy atom. The number of anilines is 1. The number of amides is 1. The van der Waals surface area contributed by atoms with Crippen LogP contribution in [0.2, 0.25) is 0 Å². The van der Waals surface area contributed by atoms with E-state index in [-0.39, 0.29) is 18.1 Å². The van der Waals surface area contributed by atoms with E-state index in [4.69, 9.17) is 0 Å². The Hall–Kier alpha value is -1.66. The standard InChI is InChI=1S/C16H24N4O2/c1-11-3-2-4-15(18-11)19-12-5-7-20(8-6-12)16(22)14-9-13(21)10-17-14/h2-4,12-14,17,21H,5-10H2,1H3,(H,18,19)/t13-,14+/m0/s1. The molecule has 1 aromatic heterocycles. The predicted octanol–water partition coefficient (Wildman–Crippen LogP) is 0.516. The molecule has 2 aliphatic heterocycles. The molecular weight excluding hydrogens is 280 g/mol. The number of hydrogen-bond donors (Lipinski definition) is 3. The number of β-amino-alcohol motifs (C(OH)–C–C–N with tert-alkyl or cyclic N) is 1. The number of aryl methyl sites for hydroxylation is 1. The zero-order valence-electron chi connectivity index (χ0n) is 13.0. The number of carbonyl (C=O) groups excluding carboxylic acids is 1. The molecule has 120 valence electrons. The van der Waals surface area contributed by atoms with Gasteiger partial charge in [0, 0.05) is 31.4 Å². The van der Waals surface area contributed by atoms with Crippen molar-refractivity contribution in [2.75, 3.05) is 25.0 Å². The molecule has 6 heteroatoms. The number of pyridine rings is 1. The number of nitrogens with zero attached hydrogens (tertiary/aromatic N) is 2. The van der Waals surface area contributed by atoms with Crippen molar-refractivity contribution in [2.24, 2.45) is 0 Å². The molecule has 2 aliphatic rings. The molecule has 1 amide bonds. The number of aromatic nitrogens is 1. The van der Waals surface area contributed by atoms with Crippen LogP contribution in [0.25, 0.3) is 0 Å². The molecule has 0 radical (unpaired) electrons. The second kappa shape index (κ2) is 6.62. The van der Waals surface area contributed by atoms with Gasteiger partial charge in [0.05, 0.1) is 12.1 Å². The van der Waals surface area contributed by atoms with Gasteiger partial charge in [-0.2, -0.15) is 0 Å². The van der Waals surface area contributed by atoms with Crippen LogP contribution in [0.5, 0.6) is 0 Å². The van der Waals surface area contributed by atoms with Crippen molar-refractivity contribution < 1.29 is 9.90 Å². The molecule has 0 bridgehead atoms. The molecule has 2 saturated heterocycles. The van der Waals surface area contributed by atoms with Crippen LogP contribution in [-0.2, 0) is 4.79 Å². The summed E-state index contributed by atoms with van der Waals surface area (Å²) in [6.45, 7) is 4.02. The molecule has 2 fully saturated rings. The molecule has 0 saturated carbocycles. The van der Waals surface area contributed by atoms with E-state index in [1.54, 1.807) is 0 Å². The third kappa shape index (κ3) is 3.56. The van der Waals surface area contributed by atoms with Crippen molar-refractivity contribution in [3.05, 3.63) is 23.9 Å². The van der Waals surface area contributed by atoms with Crippen molar-refractivity contribution >= 4 is 11.7 Å². The maximum Gasteiger partial charge on any atom is 0.239 e. The van der Waals surface area contributed by atoms with Gasteiger partial charge in [0.25, 0.3) is 0 Å². The maximum absolute atomic E-state index is 12.4. The zero-order chi connectivity index (χ0) is 15.5. The van der Waals surface area contributed by atoms with Crippen molar-refractivity contribution in [1.29, 1.82) is 0 Å². The number of rotatable bonds is 3. The van der Waals surface area contributed by atoms with E-state index in [1.807, 2.05) is 30.0 Å². The fraction of sp³-hybridized carbons (Fsp3) is 0.625. The SMILES string of the molecule is Cc1cccc(NC2CCN(C(=O)[C@H]3C[C@H](O)CN3)CC2)n1. The van der Waals surface area contributed by atoms with E-state index >= 15 is 0 Å². The smallest absolute Gasteiger partial charge is 0.239 e. The lowest BCUT2D eigenvalue weighted by Gasteiger charge is -2.34. The number of likely N-dealkylation sites (tertiary alicyclic amines) is 1. The molecule has 3 N–H and O–H groups in total. The molecule has 2 atom stereocenters. The van der Waals surface area contributed by atoms with E-state index in [2.05, 4.69) is 15.6 Å². The van der Waals surface area contributed by atoms with Gasteiger partial charge in [0.2, 0.25) is 5.91 Å². The Kier molecular flexibility index (Phi) is 4.59. The quantitative estimate of drug-likeness (QED) is 0.759. The average Bonchev–Trinajstić information content (AvgIpc) is 2.94. The minimum Gasteiger partial charge on any atom is -0.392 e. The normalized spacial score (nSPS) is 26.2. The molecule has 0 aliphatic carbocycles. The molecule has 3 rings (SSSR count). The van der Waals surface area contributed by atoms with Crippen molar-refractivity contribution in [3.8, 4) is 0 Å². The number of hydrogen-bond acceptors (Lipinski definition) is 5. The second-order valence-electron chi connectivity index (χ2n) is 6.26. The van der Waals surface area contributed by atoms with E-state index in [0.29, 0.717) is 19.0 Å². The van der Waals surface area contributed by atoms with Gasteiger partial charge >= 0.3 is 0 Å². The van der Waals surface area contributed by atoms with Crippen molar-refractivity contribution in [2.45, 2.75) is 44.4 Å². The van der Waals surface area contributed by atoms with Gasteiger partial charge < -0.3 is 20.6 Å². The van der Waals surface area contributed by atoms with E-state index in [0.717, 1.165) is 37.4 Å². The summed E-state index contributed by atoms with van der Waals surface area (Å²) in [5.74, 6) is 1.04. The maximum atomic E-state index is 12.4. The molecule has 22 heavy (non-hydrogen) atoms. The van der Waals surface area contributed by atoms with Crippen LogP contribution >= 0.6 is 0 Å².